The number of carbonyl (C=O) groups is 1. The van der Waals surface area contributed by atoms with Gasteiger partial charge in [-0.05, 0) is 36.8 Å². The van der Waals surface area contributed by atoms with Crippen LogP contribution < -0.4 is 11.1 Å². The minimum absolute atomic E-state index is 0.114. The van der Waals surface area contributed by atoms with Gasteiger partial charge < -0.3 is 11.1 Å². The molecule has 4 nitrogen and oxygen atoms in total. The lowest BCUT2D eigenvalue weighted by molar-refractivity contribution is 0.100. The van der Waals surface area contributed by atoms with E-state index in [1.807, 2.05) is 25.1 Å². The van der Waals surface area contributed by atoms with Crippen molar-refractivity contribution in [1.82, 2.24) is 10.3 Å². The first-order chi connectivity index (χ1) is 9.58. The number of hydrogen-bond acceptors (Lipinski definition) is 3. The number of aromatic nitrogens is 1. The summed E-state index contributed by atoms with van der Waals surface area (Å²) in [6, 6.07) is 11.0. The Labute approximate surface area is 123 Å². The molecule has 0 radical (unpaired) electrons. The highest BCUT2D eigenvalue weighted by atomic mass is 35.5. The van der Waals surface area contributed by atoms with Crippen LogP contribution in [0.2, 0.25) is 5.02 Å². The summed E-state index contributed by atoms with van der Waals surface area (Å²) in [4.78, 5) is 15.3. The van der Waals surface area contributed by atoms with Crippen LogP contribution in [0.3, 0.4) is 0 Å². The van der Waals surface area contributed by atoms with Crippen LogP contribution in [0, 0.1) is 0 Å². The first kappa shape index (κ1) is 14.5. The molecule has 0 saturated carbocycles. The fraction of sp³-hybridized carbons (Fsp3) is 0.200. The molecule has 104 valence electrons. The molecule has 1 atom stereocenters. The second-order valence-electron chi connectivity index (χ2n) is 4.53. The number of pyridine rings is 1. The molecule has 2 rings (SSSR count). The topological polar surface area (TPSA) is 68.0 Å². The molecule has 0 aliphatic rings. The van der Waals surface area contributed by atoms with Crippen molar-refractivity contribution in [3.8, 4) is 0 Å². The first-order valence-corrected chi connectivity index (χ1v) is 6.68. The van der Waals surface area contributed by atoms with Crippen molar-refractivity contribution < 1.29 is 4.79 Å². The highest BCUT2D eigenvalue weighted by Crippen LogP contribution is 2.19. The Morgan fingerprint density at radius 2 is 2.20 bits per heavy atom. The third kappa shape index (κ3) is 3.56. The van der Waals surface area contributed by atoms with Crippen LogP contribution in [0.5, 0.6) is 0 Å². The van der Waals surface area contributed by atoms with E-state index in [9.17, 15) is 4.79 Å². The molecule has 2 aromatic rings. The molecular formula is C15H16ClN3O. The second kappa shape index (κ2) is 6.50. The zero-order chi connectivity index (χ0) is 14.5. The molecule has 0 saturated heterocycles. The summed E-state index contributed by atoms with van der Waals surface area (Å²) in [5, 5.41) is 3.87. The van der Waals surface area contributed by atoms with Crippen LogP contribution in [0.4, 0.5) is 0 Å². The van der Waals surface area contributed by atoms with Crippen molar-refractivity contribution in [3.05, 3.63) is 64.4 Å². The van der Waals surface area contributed by atoms with Crippen molar-refractivity contribution in [2.45, 2.75) is 19.5 Å². The molecule has 0 bridgehead atoms. The lowest BCUT2D eigenvalue weighted by Crippen LogP contribution is -2.19. The summed E-state index contributed by atoms with van der Waals surface area (Å²) in [5.74, 6) is -0.478. The van der Waals surface area contributed by atoms with Gasteiger partial charge in [0.05, 0.1) is 5.69 Å². The number of benzene rings is 1. The van der Waals surface area contributed by atoms with E-state index in [0.717, 1.165) is 11.3 Å². The van der Waals surface area contributed by atoms with Crippen LogP contribution in [0.1, 0.15) is 34.6 Å². The average Bonchev–Trinajstić information content (AvgIpc) is 2.46. The zero-order valence-corrected chi connectivity index (χ0v) is 11.9. The predicted molar refractivity (Wildman–Crippen MR) is 79.5 cm³/mol. The maximum absolute atomic E-state index is 11.1. The summed E-state index contributed by atoms with van der Waals surface area (Å²) in [5.41, 5.74) is 7.51. The highest BCUT2D eigenvalue weighted by molar-refractivity contribution is 6.31. The molecule has 1 amide bonds. The number of carbonyl (C=O) groups excluding carboxylic acids is 1. The first-order valence-electron chi connectivity index (χ1n) is 6.30. The summed E-state index contributed by atoms with van der Waals surface area (Å²) in [7, 11) is 0. The van der Waals surface area contributed by atoms with E-state index in [0.29, 0.717) is 17.1 Å². The van der Waals surface area contributed by atoms with Gasteiger partial charge in [-0.3, -0.25) is 9.78 Å². The maximum atomic E-state index is 11.1. The van der Waals surface area contributed by atoms with Gasteiger partial charge in [0.25, 0.3) is 0 Å². The SMILES string of the molecule is C[C@@H](NCc1ccc(C(N)=O)cc1Cl)c1ccccn1. The number of halogens is 1. The summed E-state index contributed by atoms with van der Waals surface area (Å²) >= 11 is 6.14. The predicted octanol–water partition coefficient (Wildman–Crippen LogP) is 2.68. The molecular weight excluding hydrogens is 274 g/mol. The quantitative estimate of drug-likeness (QED) is 0.889. The largest absolute Gasteiger partial charge is 0.366 e. The van der Waals surface area contributed by atoms with Crippen molar-refractivity contribution in [2.75, 3.05) is 0 Å². The number of hydrogen-bond donors (Lipinski definition) is 2. The standard InChI is InChI=1S/C15H16ClN3O/c1-10(14-4-2-3-7-18-14)19-9-12-6-5-11(15(17)20)8-13(12)16/h2-8,10,19H,9H2,1H3,(H2,17,20)/t10-/m1/s1. The molecule has 0 fully saturated rings. The van der Waals surface area contributed by atoms with E-state index in [1.54, 1.807) is 24.4 Å². The Bertz CT molecular complexity index is 601. The van der Waals surface area contributed by atoms with Crippen molar-refractivity contribution in [1.29, 1.82) is 0 Å². The van der Waals surface area contributed by atoms with Gasteiger partial charge in [0.15, 0.2) is 0 Å². The minimum atomic E-state index is -0.478. The summed E-state index contributed by atoms with van der Waals surface area (Å²) in [6.45, 7) is 2.63. The number of rotatable bonds is 5. The number of amides is 1. The smallest absolute Gasteiger partial charge is 0.248 e. The Morgan fingerprint density at radius 1 is 1.40 bits per heavy atom. The maximum Gasteiger partial charge on any atom is 0.248 e. The third-order valence-electron chi connectivity index (χ3n) is 3.07. The van der Waals surface area contributed by atoms with Gasteiger partial charge in [0.2, 0.25) is 5.91 Å². The number of primary amides is 1. The molecule has 0 aliphatic heterocycles. The summed E-state index contributed by atoms with van der Waals surface area (Å²) < 4.78 is 0. The molecule has 20 heavy (non-hydrogen) atoms. The lowest BCUT2D eigenvalue weighted by Gasteiger charge is -2.14. The minimum Gasteiger partial charge on any atom is -0.366 e. The molecule has 1 heterocycles. The Hall–Kier alpha value is -1.91. The lowest BCUT2D eigenvalue weighted by atomic mass is 10.1. The average molecular weight is 290 g/mol. The van der Waals surface area contributed by atoms with Gasteiger partial charge in [0.1, 0.15) is 0 Å². The fourth-order valence-corrected chi connectivity index (χ4v) is 2.09. The monoisotopic (exact) mass is 289 g/mol. The van der Waals surface area contributed by atoms with E-state index in [-0.39, 0.29) is 6.04 Å². The summed E-state index contributed by atoms with van der Waals surface area (Å²) in [6.07, 6.45) is 1.77. The highest BCUT2D eigenvalue weighted by Gasteiger charge is 2.09. The van der Waals surface area contributed by atoms with Crippen molar-refractivity contribution in [3.63, 3.8) is 0 Å². The molecule has 0 spiro atoms. The fourth-order valence-electron chi connectivity index (χ4n) is 1.84. The zero-order valence-electron chi connectivity index (χ0n) is 11.1. The van der Waals surface area contributed by atoms with Gasteiger partial charge >= 0.3 is 0 Å². The van der Waals surface area contributed by atoms with Crippen LogP contribution >= 0.6 is 11.6 Å². The van der Waals surface area contributed by atoms with E-state index in [4.69, 9.17) is 17.3 Å². The van der Waals surface area contributed by atoms with Crippen LogP contribution in [-0.2, 0) is 6.54 Å². The van der Waals surface area contributed by atoms with Gasteiger partial charge in [-0.25, -0.2) is 0 Å². The Kier molecular flexibility index (Phi) is 4.71. The number of nitrogens with zero attached hydrogens (tertiary/aromatic N) is 1. The molecule has 0 unspecified atom stereocenters. The van der Waals surface area contributed by atoms with E-state index < -0.39 is 5.91 Å². The molecule has 3 N–H and O–H groups in total. The van der Waals surface area contributed by atoms with E-state index >= 15 is 0 Å². The Balaban J connectivity index is 2.02. The van der Waals surface area contributed by atoms with Gasteiger partial charge in [-0.15, -0.1) is 0 Å². The second-order valence-corrected chi connectivity index (χ2v) is 4.93. The van der Waals surface area contributed by atoms with Gasteiger partial charge in [-0.2, -0.15) is 0 Å². The number of nitrogens with two attached hydrogens (primary N) is 1. The molecule has 1 aromatic carbocycles. The Morgan fingerprint density at radius 3 is 2.80 bits per heavy atom. The molecule has 5 heteroatoms. The van der Waals surface area contributed by atoms with Crippen LogP contribution in [-0.4, -0.2) is 10.9 Å². The van der Waals surface area contributed by atoms with Gasteiger partial charge in [0, 0.05) is 29.4 Å². The van der Waals surface area contributed by atoms with Crippen molar-refractivity contribution in [2.24, 2.45) is 5.73 Å². The van der Waals surface area contributed by atoms with Crippen LogP contribution in [0.25, 0.3) is 0 Å². The van der Waals surface area contributed by atoms with E-state index in [2.05, 4.69) is 10.3 Å². The van der Waals surface area contributed by atoms with Gasteiger partial charge in [-0.1, -0.05) is 23.7 Å². The number of nitrogens with one attached hydrogen (secondary N) is 1. The normalized spacial score (nSPS) is 12.1. The van der Waals surface area contributed by atoms with E-state index in [1.165, 1.54) is 0 Å². The van der Waals surface area contributed by atoms with Crippen molar-refractivity contribution >= 4 is 17.5 Å². The third-order valence-corrected chi connectivity index (χ3v) is 3.42. The molecule has 1 aromatic heterocycles. The molecule has 0 aliphatic carbocycles. The van der Waals surface area contributed by atoms with Crippen LogP contribution in [0.15, 0.2) is 42.6 Å².